The average molecular weight is 299 g/mol. The lowest BCUT2D eigenvalue weighted by Gasteiger charge is -2.36. The monoisotopic (exact) mass is 299 g/mol. The predicted octanol–water partition coefficient (Wildman–Crippen LogP) is 0.210. The van der Waals surface area contributed by atoms with E-state index >= 15 is 0 Å². The van der Waals surface area contributed by atoms with Crippen molar-refractivity contribution in [3.05, 3.63) is 0 Å². The molecule has 0 aromatic carbocycles. The topological polar surface area (TPSA) is 82.1 Å². The Hall–Kier alpha value is -1.34. The van der Waals surface area contributed by atoms with Crippen LogP contribution in [0.15, 0.2) is 0 Å². The van der Waals surface area contributed by atoms with Gasteiger partial charge in [0, 0.05) is 32.7 Å². The van der Waals surface area contributed by atoms with E-state index in [1.54, 1.807) is 7.11 Å². The minimum absolute atomic E-state index is 0.102. The van der Waals surface area contributed by atoms with E-state index in [1.807, 2.05) is 0 Å². The summed E-state index contributed by atoms with van der Waals surface area (Å²) < 4.78 is 5.21. The molecular formula is C14H25N3O4. The number of likely N-dealkylation sites (tertiary alicyclic amines) is 2. The molecule has 0 aromatic heterocycles. The first-order chi connectivity index (χ1) is 9.92. The Bertz CT molecular complexity index is 404. The quantitative estimate of drug-likeness (QED) is 0.778. The molecule has 2 aliphatic heterocycles. The molecule has 4 atom stereocenters. The van der Waals surface area contributed by atoms with Crippen LogP contribution in [0.5, 0.6) is 0 Å². The van der Waals surface area contributed by atoms with Crippen molar-refractivity contribution in [1.82, 2.24) is 15.1 Å². The van der Waals surface area contributed by atoms with Crippen LogP contribution in [-0.2, 0) is 9.53 Å². The average Bonchev–Trinajstić information content (AvgIpc) is 2.86. The van der Waals surface area contributed by atoms with Crippen molar-refractivity contribution in [2.75, 3.05) is 33.8 Å². The highest BCUT2D eigenvalue weighted by Crippen LogP contribution is 2.22. The van der Waals surface area contributed by atoms with Gasteiger partial charge in [0.05, 0.1) is 6.10 Å². The molecule has 0 aromatic rings. The number of carbonyl (C=O) groups excluding carboxylic acids is 1. The van der Waals surface area contributed by atoms with Crippen LogP contribution in [0.25, 0.3) is 0 Å². The van der Waals surface area contributed by atoms with E-state index in [9.17, 15) is 14.7 Å². The number of urea groups is 1. The molecule has 0 saturated carbocycles. The van der Waals surface area contributed by atoms with Crippen molar-refractivity contribution < 1.29 is 19.4 Å². The maximum Gasteiger partial charge on any atom is 0.326 e. The molecule has 2 fully saturated rings. The fraction of sp³-hybridized carbons (Fsp3) is 0.857. The summed E-state index contributed by atoms with van der Waals surface area (Å²) in [6.07, 6.45) is 1.04. The lowest BCUT2D eigenvalue weighted by molar-refractivity contribution is -0.141. The maximum atomic E-state index is 12.4. The van der Waals surface area contributed by atoms with Gasteiger partial charge in [-0.2, -0.15) is 0 Å². The van der Waals surface area contributed by atoms with Crippen LogP contribution < -0.4 is 5.32 Å². The molecule has 0 bridgehead atoms. The summed E-state index contributed by atoms with van der Waals surface area (Å²) in [5, 5.41) is 12.3. The summed E-state index contributed by atoms with van der Waals surface area (Å²) >= 11 is 0. The molecule has 2 heterocycles. The lowest BCUT2D eigenvalue weighted by atomic mass is 9.94. The molecule has 4 unspecified atom stereocenters. The van der Waals surface area contributed by atoms with E-state index in [4.69, 9.17) is 4.74 Å². The number of rotatable bonds is 3. The number of aliphatic carboxylic acids is 1. The summed E-state index contributed by atoms with van der Waals surface area (Å²) in [4.78, 5) is 27.3. The van der Waals surface area contributed by atoms with Gasteiger partial charge in [-0.05, 0) is 25.9 Å². The molecule has 2 amide bonds. The van der Waals surface area contributed by atoms with E-state index in [0.29, 0.717) is 18.9 Å². The summed E-state index contributed by atoms with van der Waals surface area (Å²) in [6, 6.07) is -0.982. The number of piperidine rings is 1. The summed E-state index contributed by atoms with van der Waals surface area (Å²) in [6.45, 7) is 4.32. The van der Waals surface area contributed by atoms with Crippen LogP contribution in [0.1, 0.15) is 19.8 Å². The van der Waals surface area contributed by atoms with Crippen molar-refractivity contribution in [2.24, 2.45) is 5.92 Å². The van der Waals surface area contributed by atoms with E-state index in [-0.39, 0.29) is 18.2 Å². The first-order valence-corrected chi connectivity index (χ1v) is 7.43. The molecule has 2 saturated heterocycles. The largest absolute Gasteiger partial charge is 0.480 e. The van der Waals surface area contributed by atoms with Gasteiger partial charge in [-0.15, -0.1) is 0 Å². The van der Waals surface area contributed by atoms with Gasteiger partial charge in [0.2, 0.25) is 0 Å². The zero-order valence-corrected chi connectivity index (χ0v) is 12.9. The zero-order chi connectivity index (χ0) is 15.6. The Morgan fingerprint density at radius 3 is 2.62 bits per heavy atom. The van der Waals surface area contributed by atoms with E-state index in [0.717, 1.165) is 19.5 Å². The first-order valence-electron chi connectivity index (χ1n) is 7.43. The fourth-order valence-electron chi connectivity index (χ4n) is 3.24. The van der Waals surface area contributed by atoms with Crippen molar-refractivity contribution >= 4 is 12.0 Å². The van der Waals surface area contributed by atoms with Crippen molar-refractivity contribution in [3.8, 4) is 0 Å². The molecule has 120 valence electrons. The molecule has 7 nitrogen and oxygen atoms in total. The molecule has 0 aliphatic carbocycles. The lowest BCUT2D eigenvalue weighted by Crippen LogP contribution is -2.54. The predicted molar refractivity (Wildman–Crippen MR) is 77.1 cm³/mol. The normalized spacial score (nSPS) is 34.0. The number of carboxylic acids is 1. The number of carboxylic acid groups (broad SMARTS) is 1. The van der Waals surface area contributed by atoms with Crippen LogP contribution in [0, 0.1) is 5.92 Å². The fourth-order valence-corrected chi connectivity index (χ4v) is 3.24. The molecule has 2 rings (SSSR count). The Labute approximate surface area is 125 Å². The standard InChI is InChI=1S/C14H25N3O4/c1-9-7-16(2)5-4-11(9)15-14(20)17-8-10(21-3)6-12(17)13(18)19/h9-12H,4-8H2,1-3H3,(H,15,20)(H,18,19). The smallest absolute Gasteiger partial charge is 0.326 e. The van der Waals surface area contributed by atoms with E-state index < -0.39 is 12.0 Å². The van der Waals surface area contributed by atoms with Crippen molar-refractivity contribution in [1.29, 1.82) is 0 Å². The molecule has 2 N–H and O–H groups in total. The second-order valence-electron chi connectivity index (χ2n) is 6.18. The molecule has 21 heavy (non-hydrogen) atoms. The molecule has 0 radical (unpaired) electrons. The third kappa shape index (κ3) is 3.65. The Morgan fingerprint density at radius 2 is 2.05 bits per heavy atom. The van der Waals surface area contributed by atoms with Gasteiger partial charge in [0.15, 0.2) is 0 Å². The second kappa shape index (κ2) is 6.62. The second-order valence-corrected chi connectivity index (χ2v) is 6.18. The Balaban J connectivity index is 1.97. The van der Waals surface area contributed by atoms with Gasteiger partial charge in [0.25, 0.3) is 0 Å². The van der Waals surface area contributed by atoms with Gasteiger partial charge in [-0.1, -0.05) is 6.92 Å². The summed E-state index contributed by atoms with van der Waals surface area (Å²) in [5.74, 6) is -0.613. The van der Waals surface area contributed by atoms with Crippen LogP contribution >= 0.6 is 0 Å². The van der Waals surface area contributed by atoms with Gasteiger partial charge in [0.1, 0.15) is 6.04 Å². The highest BCUT2D eigenvalue weighted by atomic mass is 16.5. The highest BCUT2D eigenvalue weighted by molar-refractivity contribution is 5.83. The van der Waals surface area contributed by atoms with Gasteiger partial charge in [-0.3, -0.25) is 0 Å². The maximum absolute atomic E-state index is 12.4. The van der Waals surface area contributed by atoms with Gasteiger partial charge < -0.3 is 25.0 Å². The number of nitrogens with zero attached hydrogens (tertiary/aromatic N) is 2. The van der Waals surface area contributed by atoms with Crippen molar-refractivity contribution in [2.45, 2.75) is 38.0 Å². The number of methoxy groups -OCH3 is 1. The van der Waals surface area contributed by atoms with Crippen LogP contribution in [0.3, 0.4) is 0 Å². The molecule has 2 aliphatic rings. The number of hydrogen-bond donors (Lipinski definition) is 2. The third-order valence-corrected chi connectivity index (χ3v) is 4.56. The molecule has 0 spiro atoms. The van der Waals surface area contributed by atoms with Crippen LogP contribution in [0.2, 0.25) is 0 Å². The SMILES string of the molecule is COC1CC(C(=O)O)N(C(=O)NC2CCN(C)CC2C)C1. The van der Waals surface area contributed by atoms with Crippen LogP contribution in [-0.4, -0.2) is 78.9 Å². The minimum atomic E-state index is -0.971. The third-order valence-electron chi connectivity index (χ3n) is 4.56. The van der Waals surface area contributed by atoms with Crippen molar-refractivity contribution in [3.63, 3.8) is 0 Å². The van der Waals surface area contributed by atoms with Crippen LogP contribution in [0.4, 0.5) is 4.79 Å². The Morgan fingerprint density at radius 1 is 1.33 bits per heavy atom. The highest BCUT2D eigenvalue weighted by Gasteiger charge is 2.40. The number of hydrogen-bond acceptors (Lipinski definition) is 4. The number of carbonyl (C=O) groups is 2. The molecule has 7 heteroatoms. The number of ether oxygens (including phenoxy) is 1. The van der Waals surface area contributed by atoms with Gasteiger partial charge >= 0.3 is 12.0 Å². The zero-order valence-electron chi connectivity index (χ0n) is 12.9. The molecular weight excluding hydrogens is 274 g/mol. The summed E-state index contributed by atoms with van der Waals surface area (Å²) in [7, 11) is 3.61. The minimum Gasteiger partial charge on any atom is -0.480 e. The van der Waals surface area contributed by atoms with E-state index in [1.165, 1.54) is 4.90 Å². The first kappa shape index (κ1) is 16.0. The summed E-state index contributed by atoms with van der Waals surface area (Å²) in [5.41, 5.74) is 0. The number of amides is 2. The number of nitrogens with one attached hydrogen (secondary N) is 1. The van der Waals surface area contributed by atoms with Gasteiger partial charge in [-0.25, -0.2) is 9.59 Å². The van der Waals surface area contributed by atoms with E-state index in [2.05, 4.69) is 24.2 Å². The Kier molecular flexibility index (Phi) is 5.05.